The molecule has 0 bridgehead atoms. The highest BCUT2D eigenvalue weighted by Gasteiger charge is 2.09. The molecule has 1 heteroatoms. The number of hydrogen-bond acceptors (Lipinski definition) is 1. The highest BCUT2D eigenvalue weighted by atomic mass is 16.3. The third-order valence-corrected chi connectivity index (χ3v) is 8.70. The average Bonchev–Trinajstić information content (AvgIpc) is 3.50. The summed E-state index contributed by atoms with van der Waals surface area (Å²) in [5.74, 6) is 0. The van der Waals surface area contributed by atoms with Gasteiger partial charge in [0.05, 0.1) is 0 Å². The fraction of sp³-hybridized carbons (Fsp3) is 0. The van der Waals surface area contributed by atoms with Gasteiger partial charge in [-0.25, -0.2) is 0 Å². The van der Waals surface area contributed by atoms with Crippen LogP contribution in [-0.2, 0) is 0 Å². The summed E-state index contributed by atoms with van der Waals surface area (Å²) < 4.78 is 6.11. The molecule has 1 heterocycles. The summed E-state index contributed by atoms with van der Waals surface area (Å²) in [7, 11) is 0. The van der Waals surface area contributed by atoms with Crippen LogP contribution in [0.25, 0.3) is 72.0 Å². The van der Waals surface area contributed by atoms with Crippen LogP contribution < -0.4 is 0 Å². The molecule has 7 aromatic carbocycles. The minimum Gasteiger partial charge on any atom is -0.456 e. The third-order valence-electron chi connectivity index (χ3n) is 8.70. The predicted octanol–water partition coefficient (Wildman–Crippen LogP) is 12.3. The van der Waals surface area contributed by atoms with Gasteiger partial charge in [0.15, 0.2) is 0 Å². The van der Waals surface area contributed by atoms with Crippen molar-refractivity contribution < 1.29 is 4.42 Å². The predicted molar refractivity (Wildman–Crippen MR) is 190 cm³/mol. The summed E-state index contributed by atoms with van der Waals surface area (Å²) in [5, 5.41) is 2.31. The summed E-state index contributed by atoms with van der Waals surface area (Å²) in [5.41, 5.74) is 14.6. The van der Waals surface area contributed by atoms with E-state index in [1.54, 1.807) is 0 Å². The van der Waals surface area contributed by atoms with E-state index in [1.165, 1.54) is 38.9 Å². The Morgan fingerprint density at radius 3 is 1.38 bits per heavy atom. The van der Waals surface area contributed by atoms with Crippen LogP contribution in [0.4, 0.5) is 0 Å². The Labute approximate surface area is 263 Å². The SMILES string of the molecule is C=C(c1ccc(-c2ccc(-c3ccc4c(c3)oc3ccccc34)cc2)cc1)c1ccc(-c2cccc(-c3ccccc3)c2)cc1. The molecule has 0 fully saturated rings. The molecule has 0 aliphatic carbocycles. The second-order valence-corrected chi connectivity index (χ2v) is 11.5. The number of benzene rings is 7. The Hall–Kier alpha value is -5.92. The van der Waals surface area contributed by atoms with E-state index in [2.05, 4.69) is 164 Å². The van der Waals surface area contributed by atoms with Gasteiger partial charge in [-0.3, -0.25) is 0 Å². The number of para-hydroxylation sites is 1. The molecule has 0 unspecified atom stereocenters. The minimum absolute atomic E-state index is 0.917. The molecule has 0 N–H and O–H groups in total. The highest BCUT2D eigenvalue weighted by molar-refractivity contribution is 6.05. The zero-order valence-electron chi connectivity index (χ0n) is 24.8. The Balaban J connectivity index is 0.979. The molecular formula is C44H30O. The molecule has 45 heavy (non-hydrogen) atoms. The monoisotopic (exact) mass is 574 g/mol. The molecule has 0 aliphatic rings. The van der Waals surface area contributed by atoms with Crippen molar-refractivity contribution in [2.75, 3.05) is 0 Å². The first kappa shape index (κ1) is 26.7. The highest BCUT2D eigenvalue weighted by Crippen LogP contribution is 2.34. The summed E-state index contributed by atoms with van der Waals surface area (Å²) in [4.78, 5) is 0. The molecule has 212 valence electrons. The normalized spacial score (nSPS) is 11.2. The van der Waals surface area contributed by atoms with Gasteiger partial charge in [0, 0.05) is 10.8 Å². The fourth-order valence-electron chi connectivity index (χ4n) is 6.16. The van der Waals surface area contributed by atoms with Crippen molar-refractivity contribution in [1.29, 1.82) is 0 Å². The van der Waals surface area contributed by atoms with Crippen LogP contribution in [-0.4, -0.2) is 0 Å². The van der Waals surface area contributed by atoms with Gasteiger partial charge >= 0.3 is 0 Å². The van der Waals surface area contributed by atoms with E-state index < -0.39 is 0 Å². The topological polar surface area (TPSA) is 13.1 Å². The van der Waals surface area contributed by atoms with Crippen molar-refractivity contribution >= 4 is 27.5 Å². The second kappa shape index (κ2) is 11.3. The molecule has 0 saturated carbocycles. The van der Waals surface area contributed by atoms with Crippen molar-refractivity contribution in [3.05, 3.63) is 188 Å². The lowest BCUT2D eigenvalue weighted by Gasteiger charge is -2.11. The first-order chi connectivity index (χ1) is 22.2. The number of furan rings is 1. The number of hydrogen-bond donors (Lipinski definition) is 0. The van der Waals surface area contributed by atoms with Crippen molar-refractivity contribution in [3.63, 3.8) is 0 Å². The first-order valence-electron chi connectivity index (χ1n) is 15.3. The van der Waals surface area contributed by atoms with Gasteiger partial charge in [0.1, 0.15) is 11.2 Å². The number of rotatable bonds is 6. The zero-order chi connectivity index (χ0) is 30.2. The number of fused-ring (bicyclic) bond motifs is 3. The Morgan fingerprint density at radius 1 is 0.333 bits per heavy atom. The Kier molecular flexibility index (Phi) is 6.70. The molecule has 0 spiro atoms. The molecule has 0 saturated heterocycles. The maximum Gasteiger partial charge on any atom is 0.136 e. The summed E-state index contributed by atoms with van der Waals surface area (Å²) in [6.45, 7) is 4.43. The van der Waals surface area contributed by atoms with Crippen molar-refractivity contribution in [3.8, 4) is 44.5 Å². The lowest BCUT2D eigenvalue weighted by molar-refractivity contribution is 0.669. The van der Waals surface area contributed by atoms with E-state index in [0.717, 1.165) is 44.2 Å². The van der Waals surface area contributed by atoms with Crippen molar-refractivity contribution in [1.82, 2.24) is 0 Å². The lowest BCUT2D eigenvalue weighted by atomic mass is 9.94. The molecule has 0 aliphatic heterocycles. The summed E-state index contributed by atoms with van der Waals surface area (Å²) >= 11 is 0. The third kappa shape index (κ3) is 5.15. The van der Waals surface area contributed by atoms with Gasteiger partial charge in [0.25, 0.3) is 0 Å². The Bertz CT molecular complexity index is 2290. The van der Waals surface area contributed by atoms with Crippen LogP contribution in [0.3, 0.4) is 0 Å². The smallest absolute Gasteiger partial charge is 0.136 e. The lowest BCUT2D eigenvalue weighted by Crippen LogP contribution is -1.88. The molecule has 8 aromatic rings. The Morgan fingerprint density at radius 2 is 0.756 bits per heavy atom. The van der Waals surface area contributed by atoms with Crippen LogP contribution >= 0.6 is 0 Å². The van der Waals surface area contributed by atoms with Gasteiger partial charge < -0.3 is 4.42 Å². The van der Waals surface area contributed by atoms with E-state index in [-0.39, 0.29) is 0 Å². The summed E-state index contributed by atoms with van der Waals surface area (Å²) in [6.07, 6.45) is 0. The van der Waals surface area contributed by atoms with Gasteiger partial charge in [-0.2, -0.15) is 0 Å². The quantitative estimate of drug-likeness (QED) is 0.192. The molecular weight excluding hydrogens is 544 g/mol. The van der Waals surface area contributed by atoms with Crippen LogP contribution in [0.15, 0.2) is 181 Å². The van der Waals surface area contributed by atoms with Crippen molar-refractivity contribution in [2.24, 2.45) is 0 Å². The molecule has 1 aromatic heterocycles. The largest absolute Gasteiger partial charge is 0.456 e. The van der Waals surface area contributed by atoms with Gasteiger partial charge in [-0.15, -0.1) is 0 Å². The van der Waals surface area contributed by atoms with Crippen molar-refractivity contribution in [2.45, 2.75) is 0 Å². The second-order valence-electron chi connectivity index (χ2n) is 11.5. The van der Waals surface area contributed by atoms with Crippen LogP contribution in [0.1, 0.15) is 11.1 Å². The van der Waals surface area contributed by atoms with Crippen LogP contribution in [0, 0.1) is 0 Å². The van der Waals surface area contributed by atoms with Gasteiger partial charge in [0.2, 0.25) is 0 Å². The standard InChI is InChI=1S/C44H30O/c1-30(32-16-20-36(21-17-32)39-11-7-10-38(28-39)33-8-3-2-4-9-33)31-14-18-34(19-15-31)35-22-24-37(25-23-35)40-26-27-42-41-12-5-6-13-43(41)45-44(42)29-40/h2-29H,1H2. The van der Waals surface area contributed by atoms with E-state index in [9.17, 15) is 0 Å². The molecule has 0 atom stereocenters. The molecule has 8 rings (SSSR count). The molecule has 0 radical (unpaired) electrons. The molecule has 0 amide bonds. The van der Waals surface area contributed by atoms with E-state index in [0.29, 0.717) is 0 Å². The summed E-state index contributed by atoms with van der Waals surface area (Å²) in [6, 6.07) is 60.0. The minimum atomic E-state index is 0.917. The maximum atomic E-state index is 6.11. The van der Waals surface area contributed by atoms with Crippen LogP contribution in [0.2, 0.25) is 0 Å². The van der Waals surface area contributed by atoms with E-state index in [4.69, 9.17) is 4.42 Å². The van der Waals surface area contributed by atoms with Crippen LogP contribution in [0.5, 0.6) is 0 Å². The fourth-order valence-corrected chi connectivity index (χ4v) is 6.16. The maximum absolute atomic E-state index is 6.11. The van der Waals surface area contributed by atoms with E-state index in [1.807, 2.05) is 12.1 Å². The average molecular weight is 575 g/mol. The van der Waals surface area contributed by atoms with E-state index >= 15 is 0 Å². The molecule has 1 nitrogen and oxygen atoms in total. The van der Waals surface area contributed by atoms with Gasteiger partial charge in [-0.05, 0) is 85.5 Å². The zero-order valence-corrected chi connectivity index (χ0v) is 24.8. The van der Waals surface area contributed by atoms with Gasteiger partial charge in [-0.1, -0.05) is 152 Å². The first-order valence-corrected chi connectivity index (χ1v) is 15.3.